The van der Waals surface area contributed by atoms with Gasteiger partial charge in [0.1, 0.15) is 0 Å². The van der Waals surface area contributed by atoms with Crippen molar-refractivity contribution in [2.45, 2.75) is 11.4 Å². The number of hydrogen-bond donors (Lipinski definition) is 0. The van der Waals surface area contributed by atoms with Crippen molar-refractivity contribution in [1.82, 2.24) is 0 Å². The van der Waals surface area contributed by atoms with Gasteiger partial charge < -0.3 is 0 Å². The molecule has 0 unspecified atom stereocenters. The van der Waals surface area contributed by atoms with Crippen LogP contribution in [0, 0.1) is 0 Å². The van der Waals surface area contributed by atoms with E-state index in [-0.39, 0.29) is 0 Å². The van der Waals surface area contributed by atoms with Crippen LogP contribution >= 0.6 is 0 Å². The summed E-state index contributed by atoms with van der Waals surface area (Å²) in [7, 11) is 0. The van der Waals surface area contributed by atoms with Crippen LogP contribution in [0.15, 0.2) is 30.3 Å². The van der Waals surface area contributed by atoms with Crippen LogP contribution in [0.3, 0.4) is 0 Å². The summed E-state index contributed by atoms with van der Waals surface area (Å²) >= 11 is -2.60. The molecule has 0 atom stereocenters. The van der Waals surface area contributed by atoms with Crippen molar-refractivity contribution in [2.24, 2.45) is 0 Å². The zero-order chi connectivity index (χ0) is 7.61. The Morgan fingerprint density at radius 3 is 1.90 bits per heavy atom. The van der Waals surface area contributed by atoms with Crippen molar-refractivity contribution in [2.75, 3.05) is 0 Å². The van der Waals surface area contributed by atoms with E-state index in [2.05, 4.69) is 0 Å². The summed E-state index contributed by atoms with van der Waals surface area (Å²) in [6.07, 6.45) is 0. The first-order valence-corrected chi connectivity index (χ1v) is 8.67. The molecule has 2 heteroatoms. The van der Waals surface area contributed by atoms with Gasteiger partial charge in [0.05, 0.1) is 0 Å². The molecule has 1 rings (SSSR count). The third-order valence-corrected chi connectivity index (χ3v) is 4.61. The zero-order valence-electron chi connectivity index (χ0n) is 6.24. The first-order valence-electron chi connectivity index (χ1n) is 3.21. The van der Waals surface area contributed by atoms with Crippen LogP contribution in [0.2, 0.25) is 11.4 Å². The summed E-state index contributed by atoms with van der Waals surface area (Å²) in [5, 5.41) is 0. The maximum absolute atomic E-state index is 11.5. The molecule has 0 N–H and O–H groups in total. The molecule has 0 fully saturated rings. The van der Waals surface area contributed by atoms with Crippen molar-refractivity contribution in [1.29, 1.82) is 0 Å². The van der Waals surface area contributed by atoms with Crippen LogP contribution in [-0.4, -0.2) is 13.5 Å². The number of benzene rings is 1. The molecule has 0 aliphatic heterocycles. The summed E-state index contributed by atoms with van der Waals surface area (Å²) in [5.41, 5.74) is 3.68. The summed E-state index contributed by atoms with van der Waals surface area (Å²) < 4.78 is 12.5. The van der Waals surface area contributed by atoms with Gasteiger partial charge in [0.2, 0.25) is 0 Å². The topological polar surface area (TPSA) is 17.1 Å². The molecule has 54 valence electrons. The Morgan fingerprint density at radius 2 is 1.60 bits per heavy atom. The van der Waals surface area contributed by atoms with Crippen molar-refractivity contribution in [3.05, 3.63) is 30.3 Å². The van der Waals surface area contributed by atoms with E-state index in [1.54, 1.807) is 0 Å². The van der Waals surface area contributed by atoms with Crippen molar-refractivity contribution < 1.29 is 3.74 Å². The minimum absolute atomic E-state index is 1.01. The molecule has 0 bridgehead atoms. The second-order valence-electron chi connectivity index (χ2n) is 2.69. The van der Waals surface area contributed by atoms with Crippen LogP contribution < -0.4 is 4.35 Å². The van der Waals surface area contributed by atoms with Gasteiger partial charge in [-0.15, -0.1) is 0 Å². The van der Waals surface area contributed by atoms with Gasteiger partial charge in [-0.25, -0.2) is 0 Å². The molecule has 0 aliphatic rings. The van der Waals surface area contributed by atoms with Gasteiger partial charge in [-0.2, -0.15) is 0 Å². The Morgan fingerprint density at radius 1 is 1.10 bits per heavy atom. The normalized spacial score (nSPS) is 11.4. The predicted molar refractivity (Wildman–Crippen MR) is 44.2 cm³/mol. The van der Waals surface area contributed by atoms with Crippen LogP contribution in [0.1, 0.15) is 0 Å². The van der Waals surface area contributed by atoms with E-state index in [0.717, 1.165) is 4.35 Å². The number of hydrogen-bond acceptors (Lipinski definition) is 1. The third kappa shape index (κ3) is 1.78. The Kier molecular flexibility index (Phi) is 2.05. The molecule has 0 amide bonds. The van der Waals surface area contributed by atoms with E-state index in [1.807, 2.05) is 41.8 Å². The van der Waals surface area contributed by atoms with Gasteiger partial charge in [-0.3, -0.25) is 0 Å². The SMILES string of the molecule is C[As](C)(=O)c1ccccc1. The first kappa shape index (κ1) is 7.68. The fraction of sp³-hybridized carbons (Fsp3) is 0.250. The van der Waals surface area contributed by atoms with E-state index in [4.69, 9.17) is 0 Å². The summed E-state index contributed by atoms with van der Waals surface area (Å²) in [6, 6.07) is 9.65. The predicted octanol–water partition coefficient (Wildman–Crippen LogP) is 1.53. The Balaban J connectivity index is 3.09. The van der Waals surface area contributed by atoms with Gasteiger partial charge >= 0.3 is 63.3 Å². The quantitative estimate of drug-likeness (QED) is 0.625. The van der Waals surface area contributed by atoms with E-state index in [0.29, 0.717) is 0 Å². The molecule has 0 saturated heterocycles. The van der Waals surface area contributed by atoms with Crippen LogP contribution in [0.4, 0.5) is 0 Å². The van der Waals surface area contributed by atoms with Gasteiger partial charge in [-0.1, -0.05) is 0 Å². The molecule has 0 spiro atoms. The second kappa shape index (κ2) is 2.67. The van der Waals surface area contributed by atoms with E-state index in [9.17, 15) is 3.74 Å². The molecule has 1 nitrogen and oxygen atoms in total. The van der Waals surface area contributed by atoms with Gasteiger partial charge in [0.15, 0.2) is 0 Å². The van der Waals surface area contributed by atoms with Gasteiger partial charge in [-0.05, 0) is 0 Å². The molecule has 0 heterocycles. The zero-order valence-corrected chi connectivity index (χ0v) is 8.12. The molecular formula is C8H11AsO. The average Bonchev–Trinajstić information content (AvgIpc) is 1.88. The maximum atomic E-state index is 11.5. The summed E-state index contributed by atoms with van der Waals surface area (Å²) in [5.74, 6) is 0. The monoisotopic (exact) mass is 198 g/mol. The average molecular weight is 198 g/mol. The molecule has 0 aliphatic carbocycles. The van der Waals surface area contributed by atoms with Crippen molar-refractivity contribution in [3.63, 3.8) is 0 Å². The van der Waals surface area contributed by atoms with Crippen molar-refractivity contribution in [3.8, 4) is 0 Å². The van der Waals surface area contributed by atoms with E-state index < -0.39 is 13.5 Å². The van der Waals surface area contributed by atoms with Gasteiger partial charge in [0.25, 0.3) is 0 Å². The van der Waals surface area contributed by atoms with E-state index in [1.165, 1.54) is 0 Å². The molecule has 0 aromatic heterocycles. The standard InChI is InChI=1S/C8H11AsO/c1-9(2,10)8-6-4-3-5-7-8/h3-7H,1-2H3. The molecule has 1 aromatic carbocycles. The van der Waals surface area contributed by atoms with Crippen LogP contribution in [0.25, 0.3) is 0 Å². The van der Waals surface area contributed by atoms with E-state index >= 15 is 0 Å². The first-order chi connectivity index (χ1) is 4.61. The number of rotatable bonds is 1. The molecule has 10 heavy (non-hydrogen) atoms. The van der Waals surface area contributed by atoms with Gasteiger partial charge in [0, 0.05) is 0 Å². The fourth-order valence-corrected chi connectivity index (χ4v) is 2.65. The summed E-state index contributed by atoms with van der Waals surface area (Å²) in [6.45, 7) is 0. The minimum atomic E-state index is -2.60. The molecule has 1 aromatic rings. The van der Waals surface area contributed by atoms with Crippen LogP contribution in [-0.2, 0) is 3.74 Å². The molecular weight excluding hydrogens is 187 g/mol. The van der Waals surface area contributed by atoms with Crippen LogP contribution in [0.5, 0.6) is 0 Å². The Hall–Kier alpha value is -0.422. The molecule has 0 radical (unpaired) electrons. The fourth-order valence-electron chi connectivity index (χ4n) is 0.787. The Bertz CT molecular complexity index is 247. The third-order valence-electron chi connectivity index (χ3n) is 1.38. The van der Waals surface area contributed by atoms with Crippen molar-refractivity contribution >= 4 is 17.8 Å². The second-order valence-corrected chi connectivity index (χ2v) is 9.44. The Labute approximate surface area is 63.7 Å². The molecule has 0 saturated carbocycles. The summed E-state index contributed by atoms with van der Waals surface area (Å²) in [4.78, 5) is 0.